The molecule has 5 aromatic rings. The summed E-state index contributed by atoms with van der Waals surface area (Å²) in [6.07, 6.45) is 2.56. The second kappa shape index (κ2) is 32.0. The number of ketones is 1. The van der Waals surface area contributed by atoms with Gasteiger partial charge in [-0.05, 0) is 117 Å². The number of nitrogens with one attached hydrogen (secondary N) is 2. The number of Topliss-reactive ketones (excluding diaryl/α,β-unsaturated/α-hetero) is 1. The van der Waals surface area contributed by atoms with Gasteiger partial charge >= 0.3 is 11.9 Å². The molecule has 2 aliphatic rings. The molecule has 0 aliphatic carbocycles. The molecule has 2 aliphatic heterocycles. The number of phenols is 1. The number of carbonyl (C=O) groups is 9. The predicted octanol–water partition coefficient (Wildman–Crippen LogP) is 6.07. The Bertz CT molecular complexity index is 3380. The molecule has 0 unspecified atom stereocenters. The smallest absolute Gasteiger partial charge is 0.330 e. The van der Waals surface area contributed by atoms with Crippen LogP contribution in [0.5, 0.6) is 23.0 Å². The zero-order valence-electron chi connectivity index (χ0n) is 51.8. The molecular weight excluding hydrogens is 1160 g/mol. The van der Waals surface area contributed by atoms with Gasteiger partial charge in [-0.3, -0.25) is 33.6 Å². The van der Waals surface area contributed by atoms with Crippen LogP contribution >= 0.6 is 0 Å². The first-order valence-electron chi connectivity index (χ1n) is 29.8. The van der Waals surface area contributed by atoms with E-state index in [2.05, 4.69) is 10.6 Å². The fraction of sp³-hybridized carbons (Fsp3) is 0.397. The number of nitrogens with zero attached hydrogens (tertiary/aromatic N) is 4. The molecule has 478 valence electrons. The Kier molecular flexibility index (Phi) is 24.2. The summed E-state index contributed by atoms with van der Waals surface area (Å²) in [6.45, 7) is 1.21. The van der Waals surface area contributed by atoms with E-state index >= 15 is 4.39 Å². The number of ether oxygens (including phenoxy) is 5. The first-order chi connectivity index (χ1) is 43.0. The van der Waals surface area contributed by atoms with Crippen LogP contribution in [0.1, 0.15) is 79.9 Å². The van der Waals surface area contributed by atoms with Crippen molar-refractivity contribution in [3.63, 3.8) is 0 Å². The minimum absolute atomic E-state index is 0.0108. The van der Waals surface area contributed by atoms with Gasteiger partial charge in [0.1, 0.15) is 54.2 Å². The molecule has 5 aromatic carbocycles. The number of halogens is 1. The number of hydrogen-bond acceptors (Lipinski definition) is 15. The molecule has 1 fully saturated rings. The Morgan fingerprint density at radius 3 is 1.96 bits per heavy atom. The van der Waals surface area contributed by atoms with Crippen LogP contribution in [-0.2, 0) is 78.3 Å². The summed E-state index contributed by atoms with van der Waals surface area (Å²) < 4.78 is 45.0. The largest absolute Gasteiger partial charge is 0.508 e. The summed E-state index contributed by atoms with van der Waals surface area (Å²) in [7, 11) is 7.25. The van der Waals surface area contributed by atoms with Crippen LogP contribution in [0, 0.1) is 11.2 Å². The van der Waals surface area contributed by atoms with Crippen LogP contribution in [0.25, 0.3) is 0 Å². The number of rotatable bonds is 11. The third-order valence-electron chi connectivity index (χ3n) is 15.9. The molecule has 5 atom stereocenters. The molecule has 0 radical (unpaired) electrons. The topological polar surface area (TPSA) is 257 Å². The summed E-state index contributed by atoms with van der Waals surface area (Å²) in [4.78, 5) is 133. The van der Waals surface area contributed by atoms with Crippen LogP contribution in [-0.4, -0.2) is 170 Å². The zero-order chi connectivity index (χ0) is 65.1. The molecule has 21 nitrogen and oxygen atoms in total. The fourth-order valence-corrected chi connectivity index (χ4v) is 10.6. The second-order valence-electron chi connectivity index (χ2n) is 23.1. The molecule has 2 bridgehead atoms. The maximum atomic E-state index is 16.4. The molecule has 1 saturated heterocycles. The van der Waals surface area contributed by atoms with Crippen LogP contribution in [0.4, 0.5) is 4.39 Å². The minimum Gasteiger partial charge on any atom is -0.508 e. The van der Waals surface area contributed by atoms with Crippen molar-refractivity contribution >= 4 is 53.2 Å². The number of aromatic hydroxyl groups is 1. The third kappa shape index (κ3) is 18.7. The highest BCUT2D eigenvalue weighted by molar-refractivity contribution is 6.38. The van der Waals surface area contributed by atoms with Crippen molar-refractivity contribution in [2.45, 2.75) is 102 Å². The summed E-state index contributed by atoms with van der Waals surface area (Å²) in [5.74, 6) is -7.03. The lowest BCUT2D eigenvalue weighted by Crippen LogP contribution is -2.57. The number of phenolic OH excluding ortho intramolecular Hbond substituents is 1. The maximum Gasteiger partial charge on any atom is 0.330 e. The van der Waals surface area contributed by atoms with E-state index in [1.807, 2.05) is 0 Å². The average Bonchev–Trinajstić information content (AvgIpc) is 1.50. The van der Waals surface area contributed by atoms with Gasteiger partial charge in [0, 0.05) is 65.1 Å². The van der Waals surface area contributed by atoms with E-state index in [0.29, 0.717) is 41.0 Å². The zero-order valence-corrected chi connectivity index (χ0v) is 51.8. The van der Waals surface area contributed by atoms with Crippen LogP contribution in [0.2, 0.25) is 0 Å². The van der Waals surface area contributed by atoms with Gasteiger partial charge in [-0.1, -0.05) is 84.9 Å². The number of methoxy groups -OCH3 is 2. The van der Waals surface area contributed by atoms with Gasteiger partial charge in [0.2, 0.25) is 29.4 Å². The van der Waals surface area contributed by atoms with Gasteiger partial charge in [-0.15, -0.1) is 0 Å². The number of benzene rings is 5. The molecule has 6 amide bonds. The van der Waals surface area contributed by atoms with Gasteiger partial charge in [-0.25, -0.2) is 14.0 Å². The Morgan fingerprint density at radius 2 is 1.30 bits per heavy atom. The maximum absolute atomic E-state index is 16.4. The lowest BCUT2D eigenvalue weighted by atomic mass is 9.87. The Hall–Kier alpha value is -9.60. The minimum atomic E-state index is -1.57. The average molecular weight is 1240 g/mol. The summed E-state index contributed by atoms with van der Waals surface area (Å²) in [5, 5.41) is 15.8. The standard InChI is InChI=1S/C68H79FN6O15/c1-68(2)43-89-61(79)23-15-16-34-72(3)64(82)52(36-44-18-10-8-11-19-44)70-59(77)41-73(4)65(83)53(37-45-20-12-9-13-21-45)71-63(81)55(38-46-24-28-48(76)29-25-46)74(5)60(78)42-88-49-30-31-51(69)50(40-49)56(32-26-47-27-33-57(86-6)58(39-47)87-7)90-67(85)54-22-14-17-35-75(54)66(84)62(68)80/h8-13,15,18-21,23-25,27-31,33,39-40,52-56,76H,14,16-17,22,26,32,34-38,41-43H2,1-7H3,(H,70,77)(H,71,81)/t52-,53-,54+,55+,56-/m1/s1. The Balaban J connectivity index is 1.23. The molecule has 7 rings (SSSR count). The first kappa shape index (κ1) is 67.9. The summed E-state index contributed by atoms with van der Waals surface area (Å²) in [6, 6.07) is 27.6. The molecule has 90 heavy (non-hydrogen) atoms. The van der Waals surface area contributed by atoms with Gasteiger partial charge in [0.25, 0.3) is 11.8 Å². The van der Waals surface area contributed by atoms with Crippen molar-refractivity contribution in [1.82, 2.24) is 30.2 Å². The quantitative estimate of drug-likeness (QED) is 0.100. The monoisotopic (exact) mass is 1240 g/mol. The predicted molar refractivity (Wildman–Crippen MR) is 329 cm³/mol. The highest BCUT2D eigenvalue weighted by atomic mass is 19.1. The van der Waals surface area contributed by atoms with Crippen molar-refractivity contribution in [3.8, 4) is 23.0 Å². The highest BCUT2D eigenvalue weighted by Gasteiger charge is 2.43. The van der Waals surface area contributed by atoms with E-state index in [-0.39, 0.29) is 75.1 Å². The van der Waals surface area contributed by atoms with Gasteiger partial charge in [0.15, 0.2) is 18.1 Å². The molecule has 0 aromatic heterocycles. The number of carbonyl (C=O) groups excluding carboxylic acids is 9. The fourth-order valence-electron chi connectivity index (χ4n) is 10.6. The van der Waals surface area contributed by atoms with Gasteiger partial charge in [0.05, 0.1) is 26.2 Å². The first-order valence-corrected chi connectivity index (χ1v) is 29.8. The number of esters is 2. The number of piperidine rings is 1. The number of amides is 6. The number of fused-ring (bicyclic) bond motifs is 3. The normalized spacial score (nSPS) is 21.0. The lowest BCUT2D eigenvalue weighted by Gasteiger charge is -2.36. The van der Waals surface area contributed by atoms with Crippen molar-refractivity contribution < 1.29 is 76.3 Å². The molecule has 0 saturated carbocycles. The van der Waals surface area contributed by atoms with E-state index in [9.17, 15) is 48.3 Å². The number of cyclic esters (lactones) is 2. The third-order valence-corrected chi connectivity index (χ3v) is 15.9. The van der Waals surface area contributed by atoms with Crippen LogP contribution in [0.15, 0.2) is 133 Å². The van der Waals surface area contributed by atoms with E-state index in [4.69, 9.17) is 23.7 Å². The Labute approximate surface area is 523 Å². The molecule has 2 heterocycles. The number of aryl methyl sites for hydroxylation is 1. The molecule has 0 spiro atoms. The van der Waals surface area contributed by atoms with Crippen molar-refractivity contribution in [2.75, 3.05) is 68.2 Å². The summed E-state index contributed by atoms with van der Waals surface area (Å²) >= 11 is 0. The lowest BCUT2D eigenvalue weighted by molar-refractivity contribution is -0.165. The van der Waals surface area contributed by atoms with E-state index < -0.39 is 114 Å². The van der Waals surface area contributed by atoms with Crippen LogP contribution < -0.4 is 24.8 Å². The second-order valence-corrected chi connectivity index (χ2v) is 23.1. The van der Waals surface area contributed by atoms with Crippen LogP contribution in [0.3, 0.4) is 0 Å². The number of likely N-dealkylation sites (N-methyl/N-ethyl adjacent to an activating group) is 3. The molecular formula is C68H79FN6O15. The van der Waals surface area contributed by atoms with Crippen molar-refractivity contribution in [1.29, 1.82) is 0 Å². The Morgan fingerprint density at radius 1 is 0.678 bits per heavy atom. The van der Waals surface area contributed by atoms with E-state index in [1.54, 1.807) is 91.0 Å². The summed E-state index contributed by atoms with van der Waals surface area (Å²) in [5.41, 5.74) is 0.903. The van der Waals surface area contributed by atoms with E-state index in [1.165, 1.54) is 84.5 Å². The van der Waals surface area contributed by atoms with Gasteiger partial charge in [-0.2, -0.15) is 0 Å². The SMILES string of the molecule is COc1ccc(CC[C@H]2OC(=O)[C@@H]3CCCCN3C(=O)C(=O)C(C)(C)COC(=O)C=CCCN(C)C(=O)[C@@H](Cc3ccccc3)NC(=O)CN(C)C(=O)[C@@H](Cc3ccccc3)NC(=O)[C@H](Cc3ccc(O)cc3)N(C)C(=O)COc3ccc(F)c2c3)cc1OC. The number of hydrogen-bond donors (Lipinski definition) is 3. The van der Waals surface area contributed by atoms with Gasteiger partial charge < -0.3 is 59.0 Å². The van der Waals surface area contributed by atoms with Crippen molar-refractivity contribution in [2.24, 2.45) is 5.41 Å². The van der Waals surface area contributed by atoms with Crippen molar-refractivity contribution in [3.05, 3.63) is 167 Å². The molecule has 3 N–H and O–H groups in total. The highest BCUT2D eigenvalue weighted by Crippen LogP contribution is 2.34. The molecule has 22 heteroatoms. The van der Waals surface area contributed by atoms with E-state index in [0.717, 1.165) is 32.4 Å².